The molecule has 1 saturated heterocycles. The zero-order valence-corrected chi connectivity index (χ0v) is 22.5. The Balaban J connectivity index is 1.54. The molecule has 5 rings (SSSR count). The topological polar surface area (TPSA) is 109 Å². The summed E-state index contributed by atoms with van der Waals surface area (Å²) in [6.45, 7) is 3.21. The smallest absolute Gasteiger partial charge is 0.247 e. The van der Waals surface area contributed by atoms with Gasteiger partial charge in [-0.05, 0) is 68.5 Å². The molecule has 2 N–H and O–H groups in total. The second-order valence-corrected chi connectivity index (χ2v) is 13.2. The standard InChI is InChI=1S/C27H33F2N5O3S/c1-26(21-13-19(7-9-22(21)29)14-24(35)23-10-8-20(28)15-31-23)27(38(36,37)33(2)25(30)32-26)11-12-34(17-27)16-18-5-3-4-6-18/h7-10,13,15,18H,3-6,11-12,14,16-17H2,1-2H3,(H2,30,32)/t26-,27-/m1/s1. The molecule has 2 aliphatic heterocycles. The lowest BCUT2D eigenvalue weighted by molar-refractivity contribution is 0.0988. The molecular formula is C27H33F2N5O3S. The summed E-state index contributed by atoms with van der Waals surface area (Å²) in [5.41, 5.74) is 5.22. The quantitative estimate of drug-likeness (QED) is 0.559. The number of aliphatic imine (C=N–C) groups is 1. The first-order valence-corrected chi connectivity index (χ1v) is 14.4. The van der Waals surface area contributed by atoms with Crippen molar-refractivity contribution in [1.82, 2.24) is 14.2 Å². The summed E-state index contributed by atoms with van der Waals surface area (Å²) in [4.78, 5) is 23.4. The highest BCUT2D eigenvalue weighted by Crippen LogP contribution is 2.52. The molecule has 204 valence electrons. The number of hydrogen-bond acceptors (Lipinski definition) is 7. The maximum Gasteiger partial charge on any atom is 0.247 e. The van der Waals surface area contributed by atoms with E-state index in [1.54, 1.807) is 6.92 Å². The number of Topliss-reactive ketones (excluding diaryl/α,β-unsaturated/α-hetero) is 1. The van der Waals surface area contributed by atoms with Crippen LogP contribution in [-0.2, 0) is 22.0 Å². The van der Waals surface area contributed by atoms with Gasteiger partial charge >= 0.3 is 0 Å². The molecule has 1 saturated carbocycles. The van der Waals surface area contributed by atoms with Crippen LogP contribution >= 0.6 is 0 Å². The number of aromatic nitrogens is 1. The molecule has 1 aromatic carbocycles. The van der Waals surface area contributed by atoms with Crippen molar-refractivity contribution in [3.05, 3.63) is 65.0 Å². The molecule has 0 unspecified atom stereocenters. The van der Waals surface area contributed by atoms with E-state index in [0.717, 1.165) is 36.0 Å². The van der Waals surface area contributed by atoms with Gasteiger partial charge in [-0.15, -0.1) is 0 Å². The van der Waals surface area contributed by atoms with Crippen molar-refractivity contribution < 1.29 is 22.0 Å². The number of guanidine groups is 1. The number of nitrogens with zero attached hydrogens (tertiary/aromatic N) is 4. The molecule has 3 aliphatic rings. The molecule has 2 fully saturated rings. The Morgan fingerprint density at radius 1 is 1.18 bits per heavy atom. The molecular weight excluding hydrogens is 512 g/mol. The maximum absolute atomic E-state index is 15.6. The lowest BCUT2D eigenvalue weighted by Crippen LogP contribution is -2.66. The predicted octanol–water partition coefficient (Wildman–Crippen LogP) is 3.23. The normalized spacial score (nSPS) is 27.7. The molecule has 1 aliphatic carbocycles. The van der Waals surface area contributed by atoms with Crippen molar-refractivity contribution in [1.29, 1.82) is 0 Å². The van der Waals surface area contributed by atoms with Gasteiger partial charge < -0.3 is 10.6 Å². The van der Waals surface area contributed by atoms with Gasteiger partial charge in [-0.1, -0.05) is 18.9 Å². The third-order valence-electron chi connectivity index (χ3n) is 8.64. The molecule has 0 bridgehead atoms. The highest BCUT2D eigenvalue weighted by molar-refractivity contribution is 7.91. The zero-order valence-electron chi connectivity index (χ0n) is 21.7. The van der Waals surface area contributed by atoms with E-state index < -0.39 is 31.9 Å². The van der Waals surface area contributed by atoms with Crippen LogP contribution < -0.4 is 5.73 Å². The minimum atomic E-state index is -4.02. The van der Waals surface area contributed by atoms with Gasteiger partial charge in [-0.25, -0.2) is 26.5 Å². The van der Waals surface area contributed by atoms with Crippen LogP contribution in [-0.4, -0.2) is 65.8 Å². The lowest BCUT2D eigenvalue weighted by Gasteiger charge is -2.48. The van der Waals surface area contributed by atoms with Crippen LogP contribution in [0.25, 0.3) is 0 Å². The van der Waals surface area contributed by atoms with Crippen LogP contribution in [0.2, 0.25) is 0 Å². The molecule has 1 spiro atoms. The fourth-order valence-electron chi connectivity index (χ4n) is 6.40. The van der Waals surface area contributed by atoms with Crippen LogP contribution in [0.4, 0.5) is 8.78 Å². The van der Waals surface area contributed by atoms with Gasteiger partial charge in [0, 0.05) is 32.1 Å². The number of ketones is 1. The molecule has 38 heavy (non-hydrogen) atoms. The summed E-state index contributed by atoms with van der Waals surface area (Å²) < 4.78 is 56.4. The number of rotatable bonds is 6. The van der Waals surface area contributed by atoms with Crippen molar-refractivity contribution in [3.63, 3.8) is 0 Å². The van der Waals surface area contributed by atoms with E-state index in [0.29, 0.717) is 18.0 Å². The van der Waals surface area contributed by atoms with Gasteiger partial charge in [0.1, 0.15) is 27.6 Å². The van der Waals surface area contributed by atoms with E-state index in [1.807, 2.05) is 0 Å². The number of halogens is 2. The summed E-state index contributed by atoms with van der Waals surface area (Å²) in [5.74, 6) is -1.22. The van der Waals surface area contributed by atoms with Crippen molar-refractivity contribution in [2.24, 2.45) is 16.6 Å². The SMILES string of the molecule is CN1C(N)=N[C@](C)(c2cc(CC(=O)c3ccc(F)cn3)ccc2F)[C@]2(CCN(CC3CCCC3)C2)S1(=O)=O. The molecule has 3 heterocycles. The molecule has 0 radical (unpaired) electrons. The molecule has 2 atom stereocenters. The van der Waals surface area contributed by atoms with E-state index in [-0.39, 0.29) is 42.4 Å². The highest BCUT2D eigenvalue weighted by Gasteiger charge is 2.66. The van der Waals surface area contributed by atoms with Crippen molar-refractivity contribution in [3.8, 4) is 0 Å². The minimum Gasteiger partial charge on any atom is -0.369 e. The van der Waals surface area contributed by atoms with Gasteiger partial charge in [-0.3, -0.25) is 9.78 Å². The second kappa shape index (κ2) is 9.68. The largest absolute Gasteiger partial charge is 0.369 e. The average Bonchev–Trinajstić information content (AvgIpc) is 3.55. The molecule has 1 aromatic heterocycles. The van der Waals surface area contributed by atoms with Crippen LogP contribution in [0.5, 0.6) is 0 Å². The summed E-state index contributed by atoms with van der Waals surface area (Å²) in [7, 11) is -2.63. The molecule has 2 aromatic rings. The third kappa shape index (κ3) is 4.29. The van der Waals surface area contributed by atoms with Gasteiger partial charge in [0.2, 0.25) is 16.0 Å². The van der Waals surface area contributed by atoms with Gasteiger partial charge in [-0.2, -0.15) is 0 Å². The molecule has 0 amide bonds. The highest BCUT2D eigenvalue weighted by atomic mass is 32.2. The first kappa shape index (κ1) is 26.7. The van der Waals surface area contributed by atoms with Crippen molar-refractivity contribution >= 4 is 21.8 Å². The Bertz CT molecular complexity index is 1380. The maximum atomic E-state index is 15.6. The van der Waals surface area contributed by atoms with Crippen LogP contribution in [0, 0.1) is 17.6 Å². The number of nitrogens with two attached hydrogens (primary N) is 1. The second-order valence-electron chi connectivity index (χ2n) is 10.9. The van der Waals surface area contributed by atoms with Gasteiger partial charge in [0.15, 0.2) is 5.78 Å². The van der Waals surface area contributed by atoms with E-state index in [4.69, 9.17) is 5.73 Å². The number of hydrogen-bond donors (Lipinski definition) is 1. The number of pyridine rings is 1. The first-order valence-electron chi connectivity index (χ1n) is 13.0. The Labute approximate surface area is 222 Å². The Morgan fingerprint density at radius 2 is 1.92 bits per heavy atom. The Morgan fingerprint density at radius 3 is 2.61 bits per heavy atom. The third-order valence-corrected chi connectivity index (χ3v) is 11.3. The number of carbonyl (C=O) groups excluding carboxylic acids is 1. The van der Waals surface area contributed by atoms with Crippen LogP contribution in [0.15, 0.2) is 41.5 Å². The van der Waals surface area contributed by atoms with Crippen molar-refractivity contribution in [2.45, 2.75) is 55.7 Å². The van der Waals surface area contributed by atoms with Crippen molar-refractivity contribution in [2.75, 3.05) is 26.7 Å². The Hall–Kier alpha value is -2.92. The molecule has 8 nitrogen and oxygen atoms in total. The van der Waals surface area contributed by atoms with Gasteiger partial charge in [0.25, 0.3) is 0 Å². The zero-order chi connectivity index (χ0) is 27.3. The summed E-state index contributed by atoms with van der Waals surface area (Å²) in [6.07, 6.45) is 5.77. The number of likely N-dealkylation sites (tertiary alicyclic amines) is 1. The van der Waals surface area contributed by atoms with Crippen LogP contribution in [0.1, 0.15) is 60.6 Å². The summed E-state index contributed by atoms with van der Waals surface area (Å²) >= 11 is 0. The first-order chi connectivity index (χ1) is 18.0. The summed E-state index contributed by atoms with van der Waals surface area (Å²) in [6, 6.07) is 6.67. The van der Waals surface area contributed by atoms with Crippen LogP contribution in [0.3, 0.4) is 0 Å². The average molecular weight is 546 g/mol. The number of sulfonamides is 1. The van der Waals surface area contributed by atoms with E-state index in [2.05, 4.69) is 14.9 Å². The Kier molecular flexibility index (Phi) is 6.79. The minimum absolute atomic E-state index is 0.0807. The van der Waals surface area contributed by atoms with E-state index >= 15 is 4.39 Å². The molecule has 11 heteroatoms. The summed E-state index contributed by atoms with van der Waals surface area (Å²) in [5, 5.41) is 0. The monoisotopic (exact) mass is 545 g/mol. The fraction of sp³-hybridized carbons (Fsp3) is 0.519. The lowest BCUT2D eigenvalue weighted by atomic mass is 9.77. The number of carbonyl (C=O) groups is 1. The number of benzene rings is 1. The fourth-order valence-corrected chi connectivity index (χ4v) is 8.56. The predicted molar refractivity (Wildman–Crippen MR) is 140 cm³/mol. The van der Waals surface area contributed by atoms with E-state index in [1.165, 1.54) is 44.2 Å². The van der Waals surface area contributed by atoms with E-state index in [9.17, 15) is 17.6 Å². The van der Waals surface area contributed by atoms with Gasteiger partial charge in [0.05, 0.1) is 6.20 Å².